The molecule has 5 nitrogen and oxygen atoms in total. The van der Waals surface area contributed by atoms with Gasteiger partial charge in [0.05, 0.1) is 25.9 Å². The number of fused-ring (bicyclic) bond motifs is 1. The summed E-state index contributed by atoms with van der Waals surface area (Å²) in [6.07, 6.45) is 1.58. The number of halogens is 1. The first-order valence-electron chi connectivity index (χ1n) is 10.6. The zero-order valence-electron chi connectivity index (χ0n) is 18.0. The normalized spacial score (nSPS) is 20.2. The number of ketones is 1. The molecule has 0 bridgehead atoms. The SMILES string of the molecule is COc1cc2c(cc1OC)C(=O)C(CC1(F)CCN(Cc3ccccc3C#N)CC1)C2. The molecular formula is C25H27FN2O3. The van der Waals surface area contributed by atoms with Gasteiger partial charge in [0.25, 0.3) is 0 Å². The number of hydrogen-bond acceptors (Lipinski definition) is 5. The Morgan fingerprint density at radius 2 is 1.84 bits per heavy atom. The van der Waals surface area contributed by atoms with Gasteiger partial charge in [-0.15, -0.1) is 0 Å². The first kappa shape index (κ1) is 21.3. The van der Waals surface area contributed by atoms with Crippen LogP contribution in [0.2, 0.25) is 0 Å². The van der Waals surface area contributed by atoms with Gasteiger partial charge in [0.2, 0.25) is 0 Å². The maximum absolute atomic E-state index is 15.7. The maximum Gasteiger partial charge on any atom is 0.166 e. The number of nitrogens with zero attached hydrogens (tertiary/aromatic N) is 2. The van der Waals surface area contributed by atoms with E-state index in [4.69, 9.17) is 9.47 Å². The summed E-state index contributed by atoms with van der Waals surface area (Å²) in [7, 11) is 3.11. The molecule has 1 unspecified atom stereocenters. The Morgan fingerprint density at radius 1 is 1.16 bits per heavy atom. The molecule has 1 fully saturated rings. The molecule has 4 rings (SSSR count). The van der Waals surface area contributed by atoms with Gasteiger partial charge in [-0.2, -0.15) is 5.26 Å². The summed E-state index contributed by atoms with van der Waals surface area (Å²) in [5, 5.41) is 9.28. The predicted octanol–water partition coefficient (Wildman–Crippen LogP) is 4.32. The zero-order chi connectivity index (χ0) is 22.0. The Labute approximate surface area is 182 Å². The molecule has 0 aromatic heterocycles. The lowest BCUT2D eigenvalue weighted by Gasteiger charge is -2.37. The van der Waals surface area contributed by atoms with E-state index in [0.29, 0.717) is 61.5 Å². The van der Waals surface area contributed by atoms with Gasteiger partial charge in [-0.25, -0.2) is 4.39 Å². The average molecular weight is 423 g/mol. The van der Waals surface area contributed by atoms with Crippen LogP contribution >= 0.6 is 0 Å². The Kier molecular flexibility index (Phi) is 5.97. The third-order valence-electron chi connectivity index (χ3n) is 6.61. The van der Waals surface area contributed by atoms with Gasteiger partial charge in [-0.05, 0) is 55.0 Å². The van der Waals surface area contributed by atoms with Crippen LogP contribution in [-0.2, 0) is 13.0 Å². The molecule has 1 aliphatic heterocycles. The number of ether oxygens (including phenoxy) is 2. The monoisotopic (exact) mass is 422 g/mol. The quantitative estimate of drug-likeness (QED) is 0.694. The van der Waals surface area contributed by atoms with E-state index in [1.54, 1.807) is 20.3 Å². The Balaban J connectivity index is 1.39. The number of piperidine rings is 1. The van der Waals surface area contributed by atoms with Crippen molar-refractivity contribution in [3.05, 3.63) is 58.7 Å². The lowest BCUT2D eigenvalue weighted by molar-refractivity contribution is 0.0336. The molecule has 2 aromatic carbocycles. The molecule has 1 heterocycles. The third kappa shape index (κ3) is 4.28. The Hall–Kier alpha value is -2.91. The van der Waals surface area contributed by atoms with E-state index >= 15 is 4.39 Å². The van der Waals surface area contributed by atoms with Crippen LogP contribution in [0.4, 0.5) is 4.39 Å². The van der Waals surface area contributed by atoms with Crippen molar-refractivity contribution in [3.63, 3.8) is 0 Å². The first-order chi connectivity index (χ1) is 15.0. The molecule has 31 heavy (non-hydrogen) atoms. The van der Waals surface area contributed by atoms with Crippen LogP contribution in [0.5, 0.6) is 11.5 Å². The summed E-state index contributed by atoms with van der Waals surface area (Å²) in [6.45, 7) is 1.88. The van der Waals surface area contributed by atoms with E-state index < -0.39 is 5.67 Å². The summed E-state index contributed by atoms with van der Waals surface area (Å²) in [5.41, 5.74) is 1.82. The molecule has 0 amide bonds. The van der Waals surface area contributed by atoms with E-state index in [1.165, 1.54) is 0 Å². The number of carbonyl (C=O) groups excluding carboxylic acids is 1. The minimum absolute atomic E-state index is 0.00152. The van der Waals surface area contributed by atoms with Crippen molar-refractivity contribution >= 4 is 5.78 Å². The minimum Gasteiger partial charge on any atom is -0.493 e. The van der Waals surface area contributed by atoms with Crippen molar-refractivity contribution in [1.82, 2.24) is 4.90 Å². The molecular weight excluding hydrogens is 395 g/mol. The third-order valence-corrected chi connectivity index (χ3v) is 6.61. The van der Waals surface area contributed by atoms with Crippen molar-refractivity contribution in [2.24, 2.45) is 5.92 Å². The van der Waals surface area contributed by atoms with E-state index in [9.17, 15) is 10.1 Å². The fraction of sp³-hybridized carbons (Fsp3) is 0.440. The molecule has 0 radical (unpaired) electrons. The molecule has 2 aromatic rings. The van der Waals surface area contributed by atoms with Crippen molar-refractivity contribution in [2.75, 3.05) is 27.3 Å². The van der Waals surface area contributed by atoms with Crippen LogP contribution in [0.25, 0.3) is 0 Å². The second-order valence-corrected chi connectivity index (χ2v) is 8.53. The largest absolute Gasteiger partial charge is 0.493 e. The van der Waals surface area contributed by atoms with Crippen molar-refractivity contribution in [2.45, 2.75) is 37.9 Å². The van der Waals surface area contributed by atoms with Gasteiger partial charge < -0.3 is 9.47 Å². The number of alkyl halides is 1. The standard InChI is InChI=1S/C25H27FN2O3/c1-30-22-12-19-11-20(24(29)21(19)13-23(22)31-2)14-25(26)7-9-28(10-8-25)16-18-6-4-3-5-17(18)15-27/h3-6,12-13,20H,7-11,14,16H2,1-2H3. The highest BCUT2D eigenvalue weighted by molar-refractivity contribution is 6.03. The van der Waals surface area contributed by atoms with Crippen molar-refractivity contribution in [3.8, 4) is 17.6 Å². The molecule has 1 saturated heterocycles. The van der Waals surface area contributed by atoms with Crippen LogP contribution in [-0.4, -0.2) is 43.7 Å². The number of benzene rings is 2. The average Bonchev–Trinajstić information content (AvgIpc) is 3.08. The summed E-state index contributed by atoms with van der Waals surface area (Å²) in [4.78, 5) is 15.1. The number of nitriles is 1. The van der Waals surface area contributed by atoms with E-state index in [0.717, 1.165) is 11.1 Å². The van der Waals surface area contributed by atoms with E-state index in [-0.39, 0.29) is 18.1 Å². The Morgan fingerprint density at radius 3 is 2.52 bits per heavy atom. The molecule has 0 spiro atoms. The fourth-order valence-electron chi connectivity index (χ4n) is 4.83. The van der Waals surface area contributed by atoms with Gasteiger partial charge in [0.15, 0.2) is 17.3 Å². The number of carbonyl (C=O) groups is 1. The number of likely N-dealkylation sites (tertiary alicyclic amines) is 1. The lowest BCUT2D eigenvalue weighted by Crippen LogP contribution is -2.43. The lowest BCUT2D eigenvalue weighted by atomic mass is 9.82. The highest BCUT2D eigenvalue weighted by Crippen LogP contribution is 2.42. The predicted molar refractivity (Wildman–Crippen MR) is 115 cm³/mol. The molecule has 1 atom stereocenters. The van der Waals surface area contributed by atoms with Crippen LogP contribution in [0.3, 0.4) is 0 Å². The molecule has 0 N–H and O–H groups in total. The summed E-state index contributed by atoms with van der Waals surface area (Å²) < 4.78 is 26.3. The zero-order valence-corrected chi connectivity index (χ0v) is 18.0. The smallest absolute Gasteiger partial charge is 0.166 e. The van der Waals surface area contributed by atoms with E-state index in [2.05, 4.69) is 11.0 Å². The van der Waals surface area contributed by atoms with E-state index in [1.807, 2.05) is 30.3 Å². The topological polar surface area (TPSA) is 62.6 Å². The summed E-state index contributed by atoms with van der Waals surface area (Å²) >= 11 is 0. The van der Waals surface area contributed by atoms with Gasteiger partial charge in [0, 0.05) is 31.1 Å². The summed E-state index contributed by atoms with van der Waals surface area (Å²) in [5.74, 6) is 0.771. The van der Waals surface area contributed by atoms with Crippen LogP contribution in [0, 0.1) is 17.2 Å². The van der Waals surface area contributed by atoms with Gasteiger partial charge >= 0.3 is 0 Å². The Bertz CT molecular complexity index is 1020. The minimum atomic E-state index is -1.35. The number of Topliss-reactive ketones (excluding diaryl/α,β-unsaturated/α-hetero) is 1. The molecule has 6 heteroatoms. The fourth-order valence-corrected chi connectivity index (χ4v) is 4.83. The van der Waals surface area contributed by atoms with Crippen LogP contribution in [0.1, 0.15) is 46.3 Å². The van der Waals surface area contributed by atoms with Crippen LogP contribution < -0.4 is 9.47 Å². The molecule has 162 valence electrons. The number of rotatable bonds is 6. The van der Waals surface area contributed by atoms with Gasteiger partial charge in [0.1, 0.15) is 5.67 Å². The number of methoxy groups -OCH3 is 2. The molecule has 1 aliphatic carbocycles. The van der Waals surface area contributed by atoms with Gasteiger partial charge in [-0.3, -0.25) is 9.69 Å². The highest BCUT2D eigenvalue weighted by atomic mass is 19.1. The van der Waals surface area contributed by atoms with Crippen molar-refractivity contribution in [1.29, 1.82) is 5.26 Å². The maximum atomic E-state index is 15.7. The first-order valence-corrected chi connectivity index (χ1v) is 10.6. The number of hydrogen-bond donors (Lipinski definition) is 0. The molecule has 0 saturated carbocycles. The van der Waals surface area contributed by atoms with Crippen LogP contribution in [0.15, 0.2) is 36.4 Å². The summed E-state index contributed by atoms with van der Waals surface area (Å²) in [6, 6.07) is 13.3. The van der Waals surface area contributed by atoms with Gasteiger partial charge in [-0.1, -0.05) is 18.2 Å². The van der Waals surface area contributed by atoms with Crippen molar-refractivity contribution < 1.29 is 18.7 Å². The molecule has 2 aliphatic rings. The highest BCUT2D eigenvalue weighted by Gasteiger charge is 2.42. The second-order valence-electron chi connectivity index (χ2n) is 8.53. The second kappa shape index (κ2) is 8.68.